The van der Waals surface area contributed by atoms with E-state index in [1.54, 1.807) is 42.5 Å². The number of nitrogens with one attached hydrogen (secondary N) is 1. The monoisotopic (exact) mass is 326 g/mol. The summed E-state index contributed by atoms with van der Waals surface area (Å²) in [6, 6.07) is 11.1. The average Bonchev–Trinajstić information content (AvgIpc) is 2.61. The fourth-order valence-electron chi connectivity index (χ4n) is 2.33. The van der Waals surface area contributed by atoms with Gasteiger partial charge in [0.2, 0.25) is 0 Å². The smallest absolute Gasteiger partial charge is 0.146 e. The Morgan fingerprint density at radius 1 is 1.04 bits per heavy atom. The van der Waals surface area contributed by atoms with Gasteiger partial charge < -0.3 is 10.2 Å². The Balaban J connectivity index is 1.79. The highest BCUT2D eigenvalue weighted by molar-refractivity contribution is 5.66. The minimum atomic E-state index is -0.349. The van der Waals surface area contributed by atoms with Crippen LogP contribution in [0.5, 0.6) is 0 Å². The first-order valence-corrected chi connectivity index (χ1v) is 7.40. The summed E-state index contributed by atoms with van der Waals surface area (Å²) in [5.41, 5.74) is 2.62. The zero-order valence-electron chi connectivity index (χ0n) is 13.1. The molecule has 3 rings (SSSR count). The molecule has 3 aromatic rings. The van der Waals surface area contributed by atoms with Gasteiger partial charge in [0.1, 0.15) is 18.0 Å². The summed E-state index contributed by atoms with van der Waals surface area (Å²) in [6.45, 7) is 0.445. The fourth-order valence-corrected chi connectivity index (χ4v) is 2.33. The van der Waals surface area contributed by atoms with Crippen LogP contribution in [0, 0.1) is 11.6 Å². The molecule has 0 radical (unpaired) electrons. The molecule has 24 heavy (non-hydrogen) atoms. The van der Waals surface area contributed by atoms with E-state index in [4.69, 9.17) is 0 Å². The van der Waals surface area contributed by atoms with Crippen molar-refractivity contribution in [1.82, 2.24) is 9.97 Å². The van der Waals surface area contributed by atoms with E-state index in [-0.39, 0.29) is 11.6 Å². The molecule has 2 aromatic carbocycles. The van der Waals surface area contributed by atoms with Gasteiger partial charge in [-0.1, -0.05) is 12.1 Å². The van der Waals surface area contributed by atoms with Crippen LogP contribution < -0.4 is 10.2 Å². The normalized spacial score (nSPS) is 10.5. The van der Waals surface area contributed by atoms with E-state index in [2.05, 4.69) is 15.3 Å². The number of rotatable bonds is 5. The van der Waals surface area contributed by atoms with Gasteiger partial charge in [-0.15, -0.1) is 0 Å². The minimum absolute atomic E-state index is 0.280. The molecule has 0 saturated heterocycles. The highest BCUT2D eigenvalue weighted by atomic mass is 19.1. The van der Waals surface area contributed by atoms with Gasteiger partial charge in [-0.3, -0.25) is 0 Å². The van der Waals surface area contributed by atoms with Crippen LogP contribution in [0.4, 0.5) is 25.8 Å². The molecule has 122 valence electrons. The molecular formula is C18H16F2N4. The van der Waals surface area contributed by atoms with Gasteiger partial charge in [0.25, 0.3) is 0 Å². The summed E-state index contributed by atoms with van der Waals surface area (Å²) < 4.78 is 27.4. The van der Waals surface area contributed by atoms with Gasteiger partial charge >= 0.3 is 0 Å². The summed E-state index contributed by atoms with van der Waals surface area (Å²) in [7, 11) is 1.74. The van der Waals surface area contributed by atoms with Crippen LogP contribution in [0.25, 0.3) is 0 Å². The third-order valence-electron chi connectivity index (χ3n) is 3.63. The predicted molar refractivity (Wildman–Crippen MR) is 90.2 cm³/mol. The molecule has 1 heterocycles. The number of anilines is 3. The maximum atomic E-state index is 14.2. The lowest BCUT2D eigenvalue weighted by Gasteiger charge is -2.20. The van der Waals surface area contributed by atoms with E-state index in [9.17, 15) is 8.78 Å². The van der Waals surface area contributed by atoms with Crippen molar-refractivity contribution in [2.75, 3.05) is 17.3 Å². The van der Waals surface area contributed by atoms with Crippen molar-refractivity contribution >= 4 is 17.1 Å². The van der Waals surface area contributed by atoms with Crippen LogP contribution in [0.15, 0.2) is 61.2 Å². The van der Waals surface area contributed by atoms with E-state index in [0.717, 1.165) is 11.3 Å². The summed E-state index contributed by atoms with van der Waals surface area (Å²) in [4.78, 5) is 9.55. The van der Waals surface area contributed by atoms with Crippen molar-refractivity contribution in [3.8, 4) is 0 Å². The standard InChI is InChI=1S/C18H16F2N4/c1-24(16-10-21-12-22-11-16)18-8-15(5-6-17(18)20)23-9-13-3-2-4-14(19)7-13/h2-8,10-12,23H,9H2,1H3. The number of halogens is 2. The van der Waals surface area contributed by atoms with Crippen molar-refractivity contribution < 1.29 is 8.78 Å². The van der Waals surface area contributed by atoms with Gasteiger partial charge in [0, 0.05) is 19.3 Å². The van der Waals surface area contributed by atoms with Crippen molar-refractivity contribution in [3.63, 3.8) is 0 Å². The Hall–Kier alpha value is -3.02. The summed E-state index contributed by atoms with van der Waals surface area (Å²) in [5.74, 6) is -0.629. The number of hydrogen-bond acceptors (Lipinski definition) is 4. The van der Waals surface area contributed by atoms with Crippen LogP contribution in [0.2, 0.25) is 0 Å². The Morgan fingerprint density at radius 2 is 1.83 bits per heavy atom. The second-order valence-corrected chi connectivity index (χ2v) is 5.31. The molecule has 1 aromatic heterocycles. The maximum Gasteiger partial charge on any atom is 0.146 e. The third kappa shape index (κ3) is 3.65. The number of nitrogens with zero attached hydrogens (tertiary/aromatic N) is 3. The van der Waals surface area contributed by atoms with Gasteiger partial charge in [0.05, 0.1) is 23.8 Å². The second kappa shape index (κ2) is 7.04. The predicted octanol–water partition coefficient (Wildman–Crippen LogP) is 4.13. The largest absolute Gasteiger partial charge is 0.381 e. The number of benzene rings is 2. The lowest BCUT2D eigenvalue weighted by atomic mass is 10.2. The highest BCUT2D eigenvalue weighted by Crippen LogP contribution is 2.28. The van der Waals surface area contributed by atoms with Crippen molar-refractivity contribution in [2.45, 2.75) is 6.54 Å². The fraction of sp³-hybridized carbons (Fsp3) is 0.111. The van der Waals surface area contributed by atoms with E-state index >= 15 is 0 Å². The molecule has 0 aliphatic rings. The molecule has 4 nitrogen and oxygen atoms in total. The average molecular weight is 326 g/mol. The van der Waals surface area contributed by atoms with Crippen LogP contribution in [0.1, 0.15) is 5.56 Å². The molecule has 1 N–H and O–H groups in total. The molecule has 0 saturated carbocycles. The summed E-state index contributed by atoms with van der Waals surface area (Å²) >= 11 is 0. The SMILES string of the molecule is CN(c1cncnc1)c1cc(NCc2cccc(F)c2)ccc1F. The van der Waals surface area contributed by atoms with E-state index < -0.39 is 0 Å². The van der Waals surface area contributed by atoms with Crippen LogP contribution in [-0.2, 0) is 6.54 Å². The lowest BCUT2D eigenvalue weighted by molar-refractivity contribution is 0.626. The zero-order chi connectivity index (χ0) is 16.9. The number of hydrogen-bond donors (Lipinski definition) is 1. The number of aromatic nitrogens is 2. The molecule has 0 amide bonds. The molecule has 0 bridgehead atoms. The Morgan fingerprint density at radius 3 is 2.58 bits per heavy atom. The van der Waals surface area contributed by atoms with Gasteiger partial charge in [-0.2, -0.15) is 0 Å². The molecule has 0 fully saturated rings. The Labute approximate surface area is 138 Å². The minimum Gasteiger partial charge on any atom is -0.381 e. The first-order chi connectivity index (χ1) is 11.6. The zero-order valence-corrected chi connectivity index (χ0v) is 13.1. The second-order valence-electron chi connectivity index (χ2n) is 5.31. The van der Waals surface area contributed by atoms with Crippen LogP contribution >= 0.6 is 0 Å². The molecule has 0 atom stereocenters. The van der Waals surface area contributed by atoms with E-state index in [1.807, 2.05) is 6.07 Å². The molecular weight excluding hydrogens is 310 g/mol. The third-order valence-corrected chi connectivity index (χ3v) is 3.63. The van der Waals surface area contributed by atoms with E-state index in [1.165, 1.54) is 24.5 Å². The molecule has 0 unspecified atom stereocenters. The topological polar surface area (TPSA) is 41.1 Å². The van der Waals surface area contributed by atoms with Crippen LogP contribution in [-0.4, -0.2) is 17.0 Å². The Kier molecular flexibility index (Phi) is 4.65. The first kappa shape index (κ1) is 15.9. The molecule has 0 aliphatic heterocycles. The Bertz CT molecular complexity index is 824. The summed E-state index contributed by atoms with van der Waals surface area (Å²) in [6.07, 6.45) is 4.64. The highest BCUT2D eigenvalue weighted by Gasteiger charge is 2.11. The van der Waals surface area contributed by atoms with Gasteiger partial charge in [0.15, 0.2) is 0 Å². The molecule has 0 aliphatic carbocycles. The van der Waals surface area contributed by atoms with Gasteiger partial charge in [-0.05, 0) is 35.9 Å². The summed E-state index contributed by atoms with van der Waals surface area (Å²) in [5, 5.41) is 3.17. The van der Waals surface area contributed by atoms with Crippen molar-refractivity contribution in [2.24, 2.45) is 0 Å². The van der Waals surface area contributed by atoms with E-state index in [0.29, 0.717) is 17.9 Å². The van der Waals surface area contributed by atoms with Crippen LogP contribution in [0.3, 0.4) is 0 Å². The van der Waals surface area contributed by atoms with Crippen molar-refractivity contribution in [1.29, 1.82) is 0 Å². The van der Waals surface area contributed by atoms with Crippen molar-refractivity contribution in [3.05, 3.63) is 78.4 Å². The molecule has 6 heteroatoms. The first-order valence-electron chi connectivity index (χ1n) is 7.40. The van der Waals surface area contributed by atoms with Gasteiger partial charge in [-0.25, -0.2) is 18.7 Å². The quantitative estimate of drug-likeness (QED) is 0.765. The lowest BCUT2D eigenvalue weighted by Crippen LogP contribution is -2.12. The molecule has 0 spiro atoms. The maximum absolute atomic E-state index is 14.2.